The van der Waals surface area contributed by atoms with Crippen LogP contribution in [0.25, 0.3) is 27.8 Å². The number of nitrogens with zero attached hydrogens (tertiary/aromatic N) is 3. The van der Waals surface area contributed by atoms with E-state index in [4.69, 9.17) is 0 Å². The molecule has 0 fully saturated rings. The van der Waals surface area contributed by atoms with E-state index in [1.165, 1.54) is 27.7 Å². The molecule has 102 valence electrons. The molecule has 0 atom stereocenters. The van der Waals surface area contributed by atoms with Gasteiger partial charge >= 0.3 is 0 Å². The summed E-state index contributed by atoms with van der Waals surface area (Å²) in [6.45, 7) is 2.15. The molecule has 0 unspecified atom stereocenters. The summed E-state index contributed by atoms with van der Waals surface area (Å²) < 4.78 is 4.24. The minimum absolute atomic E-state index is 1.00. The van der Waals surface area contributed by atoms with Crippen molar-refractivity contribution in [3.05, 3.63) is 66.6 Å². The maximum Gasteiger partial charge on any atom is 0.289 e. The molecule has 1 aromatic carbocycles. The molecular formula is C18H16N3+. The predicted octanol–water partition coefficient (Wildman–Crippen LogP) is 3.29. The molecule has 0 spiro atoms. The first-order chi connectivity index (χ1) is 10.3. The van der Waals surface area contributed by atoms with Gasteiger partial charge in [0.1, 0.15) is 5.69 Å². The summed E-state index contributed by atoms with van der Waals surface area (Å²) in [7, 11) is 2.05. The monoisotopic (exact) mass is 274 g/mol. The molecule has 0 saturated heterocycles. The van der Waals surface area contributed by atoms with Crippen molar-refractivity contribution in [1.29, 1.82) is 0 Å². The molecule has 3 heterocycles. The molecule has 3 aromatic heterocycles. The lowest BCUT2D eigenvalue weighted by Crippen LogP contribution is -2.31. The van der Waals surface area contributed by atoms with Crippen LogP contribution in [0.5, 0.6) is 0 Å². The fraction of sp³-hybridized carbons (Fsp3) is 0.111. The first kappa shape index (κ1) is 12.1. The highest BCUT2D eigenvalue weighted by Gasteiger charge is 2.19. The normalized spacial score (nSPS) is 11.3. The van der Waals surface area contributed by atoms with Crippen LogP contribution in [-0.4, -0.2) is 9.38 Å². The van der Waals surface area contributed by atoms with Gasteiger partial charge in [0.15, 0.2) is 0 Å². The topological polar surface area (TPSA) is 21.2 Å². The SMILES string of the molecule is Cc1ccccc1-c1c2cc3ccccn3c2nc[n+]1C. The molecule has 0 aliphatic carbocycles. The molecule has 4 rings (SSSR count). The Hall–Kier alpha value is -2.68. The van der Waals surface area contributed by atoms with Crippen LogP contribution in [-0.2, 0) is 7.05 Å². The maximum absolute atomic E-state index is 4.61. The second-order valence-corrected chi connectivity index (χ2v) is 5.40. The molecule has 21 heavy (non-hydrogen) atoms. The van der Waals surface area contributed by atoms with E-state index in [-0.39, 0.29) is 0 Å². The lowest BCUT2D eigenvalue weighted by Gasteiger charge is -2.06. The van der Waals surface area contributed by atoms with Gasteiger partial charge < -0.3 is 0 Å². The Morgan fingerprint density at radius 3 is 2.71 bits per heavy atom. The molecule has 0 aliphatic rings. The number of aryl methyl sites for hydroxylation is 2. The summed E-state index contributed by atoms with van der Waals surface area (Å²) in [5.41, 5.74) is 5.91. The summed E-state index contributed by atoms with van der Waals surface area (Å²) in [5, 5.41) is 1.18. The Kier molecular flexibility index (Phi) is 2.54. The molecule has 3 heteroatoms. The Morgan fingerprint density at radius 2 is 1.86 bits per heavy atom. The van der Waals surface area contributed by atoms with E-state index in [9.17, 15) is 0 Å². The van der Waals surface area contributed by atoms with E-state index >= 15 is 0 Å². The Morgan fingerprint density at radius 1 is 1.05 bits per heavy atom. The fourth-order valence-corrected chi connectivity index (χ4v) is 2.98. The minimum Gasteiger partial charge on any atom is -0.280 e. The van der Waals surface area contributed by atoms with E-state index in [2.05, 4.69) is 76.6 Å². The lowest BCUT2D eigenvalue weighted by atomic mass is 10.0. The van der Waals surface area contributed by atoms with Gasteiger partial charge in [-0.15, -0.1) is 0 Å². The summed E-state index contributed by atoms with van der Waals surface area (Å²) in [4.78, 5) is 4.61. The van der Waals surface area contributed by atoms with E-state index < -0.39 is 0 Å². The molecule has 0 aliphatic heterocycles. The van der Waals surface area contributed by atoms with Gasteiger partial charge in [-0.2, -0.15) is 0 Å². The molecular weight excluding hydrogens is 258 g/mol. The predicted molar refractivity (Wildman–Crippen MR) is 84.0 cm³/mol. The number of benzene rings is 1. The number of pyridine rings is 1. The van der Waals surface area contributed by atoms with Crippen molar-refractivity contribution >= 4 is 16.6 Å². The highest BCUT2D eigenvalue weighted by atomic mass is 15.1. The van der Waals surface area contributed by atoms with Gasteiger partial charge in [0, 0.05) is 11.8 Å². The third-order valence-corrected chi connectivity index (χ3v) is 4.01. The first-order valence-electron chi connectivity index (χ1n) is 7.06. The molecule has 0 amide bonds. The van der Waals surface area contributed by atoms with Gasteiger partial charge in [-0.1, -0.05) is 30.3 Å². The van der Waals surface area contributed by atoms with Crippen molar-refractivity contribution < 1.29 is 4.57 Å². The second kappa shape index (κ2) is 4.42. The molecule has 4 aromatic rings. The van der Waals surface area contributed by atoms with Gasteiger partial charge in [0.05, 0.1) is 18.0 Å². The van der Waals surface area contributed by atoms with E-state index in [1.807, 2.05) is 12.4 Å². The van der Waals surface area contributed by atoms with Crippen LogP contribution in [0.3, 0.4) is 0 Å². The van der Waals surface area contributed by atoms with E-state index in [1.54, 1.807) is 0 Å². The number of rotatable bonds is 1. The summed E-state index contributed by atoms with van der Waals surface area (Å²) in [6, 6.07) is 16.9. The number of hydrogen-bond donors (Lipinski definition) is 0. The lowest BCUT2D eigenvalue weighted by molar-refractivity contribution is -0.662. The Balaban J connectivity index is 2.18. The third kappa shape index (κ3) is 1.74. The van der Waals surface area contributed by atoms with Gasteiger partial charge in [0.2, 0.25) is 0 Å². The van der Waals surface area contributed by atoms with Crippen LogP contribution >= 0.6 is 0 Å². The quantitative estimate of drug-likeness (QED) is 0.488. The van der Waals surface area contributed by atoms with Crippen molar-refractivity contribution in [2.45, 2.75) is 6.92 Å². The standard InChI is InChI=1S/C18H16N3/c1-13-7-3-4-9-15(13)17-16-11-14-8-5-6-10-21(14)18(16)19-12-20(17)2/h3-12H,1-2H3/q+1. The number of fused-ring (bicyclic) bond motifs is 3. The first-order valence-corrected chi connectivity index (χ1v) is 7.06. The minimum atomic E-state index is 1.00. The highest BCUT2D eigenvalue weighted by molar-refractivity contribution is 5.94. The van der Waals surface area contributed by atoms with Crippen molar-refractivity contribution in [2.75, 3.05) is 0 Å². The zero-order valence-corrected chi connectivity index (χ0v) is 12.1. The van der Waals surface area contributed by atoms with Crippen molar-refractivity contribution in [2.24, 2.45) is 7.05 Å². The van der Waals surface area contributed by atoms with Crippen molar-refractivity contribution in [1.82, 2.24) is 9.38 Å². The molecule has 0 bridgehead atoms. The molecule has 0 N–H and O–H groups in total. The average molecular weight is 274 g/mol. The summed E-state index contributed by atoms with van der Waals surface area (Å²) >= 11 is 0. The third-order valence-electron chi connectivity index (χ3n) is 4.01. The summed E-state index contributed by atoms with van der Waals surface area (Å²) in [5.74, 6) is 0. The van der Waals surface area contributed by atoms with Gasteiger partial charge in [-0.3, -0.25) is 4.40 Å². The largest absolute Gasteiger partial charge is 0.289 e. The fourth-order valence-electron chi connectivity index (χ4n) is 2.98. The van der Waals surface area contributed by atoms with Gasteiger partial charge in [0.25, 0.3) is 12.0 Å². The van der Waals surface area contributed by atoms with Crippen LogP contribution in [0.15, 0.2) is 61.1 Å². The van der Waals surface area contributed by atoms with E-state index in [0.717, 1.165) is 5.65 Å². The molecule has 0 radical (unpaired) electrons. The zero-order valence-electron chi connectivity index (χ0n) is 12.1. The number of aromatic nitrogens is 3. The average Bonchev–Trinajstić information content (AvgIpc) is 2.87. The van der Waals surface area contributed by atoms with Crippen LogP contribution in [0.4, 0.5) is 0 Å². The Bertz CT molecular complexity index is 967. The summed E-state index contributed by atoms with van der Waals surface area (Å²) in [6.07, 6.45) is 3.95. The van der Waals surface area contributed by atoms with Crippen molar-refractivity contribution in [3.63, 3.8) is 0 Å². The smallest absolute Gasteiger partial charge is 0.280 e. The zero-order chi connectivity index (χ0) is 14.4. The maximum atomic E-state index is 4.61. The van der Waals surface area contributed by atoms with Crippen LogP contribution < -0.4 is 4.57 Å². The van der Waals surface area contributed by atoms with Gasteiger partial charge in [-0.05, 0) is 35.7 Å². The number of hydrogen-bond acceptors (Lipinski definition) is 1. The molecule has 0 saturated carbocycles. The van der Waals surface area contributed by atoms with Crippen LogP contribution in [0, 0.1) is 6.92 Å². The van der Waals surface area contributed by atoms with Crippen LogP contribution in [0.2, 0.25) is 0 Å². The second-order valence-electron chi connectivity index (χ2n) is 5.40. The Labute approximate surface area is 123 Å². The van der Waals surface area contributed by atoms with E-state index in [0.29, 0.717) is 0 Å². The van der Waals surface area contributed by atoms with Crippen LogP contribution in [0.1, 0.15) is 5.56 Å². The highest BCUT2D eigenvalue weighted by Crippen LogP contribution is 2.28. The molecule has 3 nitrogen and oxygen atoms in total. The van der Waals surface area contributed by atoms with Crippen molar-refractivity contribution in [3.8, 4) is 11.3 Å². The van der Waals surface area contributed by atoms with Gasteiger partial charge in [-0.25, -0.2) is 4.57 Å².